The third-order valence-electron chi connectivity index (χ3n) is 3.13. The van der Waals surface area contributed by atoms with Crippen molar-refractivity contribution in [3.05, 3.63) is 28.8 Å². The number of benzene rings is 1. The SMILES string of the molecule is Cc1ccc(N([SiH2][SiH3])[SiH2][SiH3])c(C)c1C. The van der Waals surface area contributed by atoms with Crippen molar-refractivity contribution in [2.45, 2.75) is 20.8 Å². The Morgan fingerprint density at radius 2 is 1.57 bits per heavy atom. The van der Waals surface area contributed by atoms with Crippen LogP contribution in [0.1, 0.15) is 16.7 Å². The second kappa shape index (κ2) is 5.11. The van der Waals surface area contributed by atoms with Crippen molar-refractivity contribution < 1.29 is 0 Å². The Kier molecular flexibility index (Phi) is 4.36. The van der Waals surface area contributed by atoms with Crippen LogP contribution in [-0.2, 0) is 0 Å². The van der Waals surface area contributed by atoms with Gasteiger partial charge in [0.25, 0.3) is 0 Å². The van der Waals surface area contributed by atoms with Crippen molar-refractivity contribution in [3.63, 3.8) is 0 Å². The second-order valence-corrected chi connectivity index (χ2v) is 11.3. The predicted octanol–water partition coefficient (Wildman–Crippen LogP) is -1.85. The van der Waals surface area contributed by atoms with Crippen molar-refractivity contribution in [1.82, 2.24) is 0 Å². The van der Waals surface area contributed by atoms with Crippen LogP contribution in [0.2, 0.25) is 0 Å². The lowest BCUT2D eigenvalue weighted by atomic mass is 10.0. The summed E-state index contributed by atoms with van der Waals surface area (Å²) >= 11 is 0. The summed E-state index contributed by atoms with van der Waals surface area (Å²) in [4.78, 5) is 0. The molecular weight excluding hydrogens is 234 g/mol. The molecule has 1 aromatic rings. The first-order chi connectivity index (χ1) is 6.61. The Morgan fingerprint density at radius 3 is 2.07 bits per heavy atom. The van der Waals surface area contributed by atoms with Gasteiger partial charge in [-0.15, -0.1) is 0 Å². The van der Waals surface area contributed by atoms with E-state index in [9.17, 15) is 0 Å². The molecule has 0 aliphatic carbocycles. The zero-order valence-corrected chi connectivity index (χ0v) is 16.8. The monoisotopic (exact) mass is 255 g/mol. The smallest absolute Gasteiger partial charge is 0.0923 e. The van der Waals surface area contributed by atoms with E-state index in [1.807, 2.05) is 0 Å². The quantitative estimate of drug-likeness (QED) is 0.573. The minimum absolute atomic E-state index is 0.149. The van der Waals surface area contributed by atoms with Gasteiger partial charge in [0.15, 0.2) is 0 Å². The van der Waals surface area contributed by atoms with E-state index >= 15 is 0 Å². The second-order valence-electron chi connectivity index (χ2n) is 3.82. The standard InChI is InChI=1S/C9H21NSi4/c1-6-4-5-9(8(3)7(6)2)10(13-11)14-12/h4-5H,13-14H2,1-3,11-12H3. The highest BCUT2D eigenvalue weighted by molar-refractivity contribution is 7.05. The Bertz CT molecular complexity index is 323. The van der Waals surface area contributed by atoms with Gasteiger partial charge in [-0.3, -0.25) is 0 Å². The van der Waals surface area contributed by atoms with E-state index in [1.54, 1.807) is 5.69 Å². The zero-order chi connectivity index (χ0) is 10.7. The topological polar surface area (TPSA) is 3.24 Å². The molecule has 0 N–H and O–H groups in total. The fraction of sp³-hybridized carbons (Fsp3) is 0.333. The van der Waals surface area contributed by atoms with Crippen molar-refractivity contribution in [3.8, 4) is 0 Å². The number of hydrogen-bond acceptors (Lipinski definition) is 1. The van der Waals surface area contributed by atoms with Crippen LogP contribution in [-0.4, -0.2) is 37.9 Å². The van der Waals surface area contributed by atoms with Gasteiger partial charge in [0.05, 0.1) is 18.4 Å². The fourth-order valence-corrected chi connectivity index (χ4v) is 23.1. The maximum atomic E-state index is 2.81. The summed E-state index contributed by atoms with van der Waals surface area (Å²) in [6.07, 6.45) is 0. The average molecular weight is 256 g/mol. The van der Waals surface area contributed by atoms with E-state index in [4.69, 9.17) is 0 Å². The molecular formula is C9H21NSi4. The summed E-state index contributed by atoms with van der Waals surface area (Å²) in [6.45, 7) is 6.77. The van der Waals surface area contributed by atoms with Gasteiger partial charge in [-0.2, -0.15) is 0 Å². The lowest BCUT2D eigenvalue weighted by Crippen LogP contribution is -2.33. The first kappa shape index (κ1) is 12.0. The minimum atomic E-state index is 0.149. The first-order valence-corrected chi connectivity index (χ1v) is 18.0. The van der Waals surface area contributed by atoms with Gasteiger partial charge >= 0.3 is 0 Å². The summed E-state index contributed by atoms with van der Waals surface area (Å²) in [5, 5.41) is 0. The van der Waals surface area contributed by atoms with Crippen LogP contribution in [0.3, 0.4) is 0 Å². The molecule has 1 rings (SSSR count). The molecule has 0 aliphatic rings. The third kappa shape index (κ3) is 2.28. The van der Waals surface area contributed by atoms with Crippen LogP contribution in [0.4, 0.5) is 5.69 Å². The molecule has 0 fully saturated rings. The highest BCUT2D eigenvalue weighted by Gasteiger charge is 2.07. The van der Waals surface area contributed by atoms with Gasteiger partial charge in [-0.1, -0.05) is 6.07 Å². The molecule has 0 bridgehead atoms. The molecule has 0 saturated heterocycles. The van der Waals surface area contributed by atoms with Crippen molar-refractivity contribution in [2.24, 2.45) is 0 Å². The average Bonchev–Trinajstić information content (AvgIpc) is 2.19. The van der Waals surface area contributed by atoms with Gasteiger partial charge in [-0.25, -0.2) is 0 Å². The normalized spacial score (nSPS) is 12.5. The third-order valence-corrected chi connectivity index (χ3v) is 18.0. The molecule has 0 unspecified atom stereocenters. The maximum Gasteiger partial charge on any atom is 0.0923 e. The number of rotatable bonds is 3. The fourth-order valence-electron chi connectivity index (χ4n) is 1.85. The lowest BCUT2D eigenvalue weighted by molar-refractivity contribution is 1.26. The van der Waals surface area contributed by atoms with E-state index in [0.29, 0.717) is 0 Å². The summed E-state index contributed by atoms with van der Waals surface area (Å²) < 4.78 is 2.81. The van der Waals surface area contributed by atoms with Gasteiger partial charge in [0.2, 0.25) is 0 Å². The van der Waals surface area contributed by atoms with Crippen molar-refractivity contribution in [2.75, 3.05) is 4.23 Å². The molecule has 0 aromatic heterocycles. The molecule has 5 heteroatoms. The zero-order valence-electron chi connectivity index (χ0n) is 10.0. The van der Waals surface area contributed by atoms with E-state index < -0.39 is 0 Å². The molecule has 0 spiro atoms. The molecule has 1 nitrogen and oxygen atoms in total. The van der Waals surface area contributed by atoms with E-state index in [-0.39, 0.29) is 18.4 Å². The predicted molar refractivity (Wildman–Crippen MR) is 80.1 cm³/mol. The number of hydrogen-bond donors (Lipinski definition) is 0. The van der Waals surface area contributed by atoms with Gasteiger partial charge in [-0.05, 0) is 43.5 Å². The van der Waals surface area contributed by atoms with E-state index in [0.717, 1.165) is 0 Å². The largest absolute Gasteiger partial charge is 0.439 e. The number of anilines is 1. The molecule has 0 radical (unpaired) electrons. The van der Waals surface area contributed by atoms with Gasteiger partial charge < -0.3 is 4.23 Å². The van der Waals surface area contributed by atoms with Crippen LogP contribution >= 0.6 is 0 Å². The molecule has 0 heterocycles. The van der Waals surface area contributed by atoms with Crippen LogP contribution in [0.15, 0.2) is 12.1 Å². The first-order valence-electron chi connectivity index (χ1n) is 5.43. The molecule has 0 amide bonds. The van der Waals surface area contributed by atoms with Crippen LogP contribution in [0.25, 0.3) is 0 Å². The molecule has 1 aromatic carbocycles. The van der Waals surface area contributed by atoms with Crippen LogP contribution in [0.5, 0.6) is 0 Å². The number of aryl methyl sites for hydroxylation is 1. The Balaban J connectivity index is 3.16. The van der Waals surface area contributed by atoms with Gasteiger partial charge in [0.1, 0.15) is 0 Å². The summed E-state index contributed by atoms with van der Waals surface area (Å²) in [5.74, 6) is 0. The maximum absolute atomic E-state index is 2.81. The highest BCUT2D eigenvalue weighted by atomic mass is 29.2. The Hall–Kier alpha value is -0.112. The lowest BCUT2D eigenvalue weighted by Gasteiger charge is -2.25. The van der Waals surface area contributed by atoms with Crippen LogP contribution in [0, 0.1) is 20.8 Å². The molecule has 14 heavy (non-hydrogen) atoms. The summed E-state index contributed by atoms with van der Waals surface area (Å²) in [6, 6.07) is 4.65. The van der Waals surface area contributed by atoms with E-state index in [1.165, 1.54) is 36.2 Å². The summed E-state index contributed by atoms with van der Waals surface area (Å²) in [5.41, 5.74) is 6.06. The summed E-state index contributed by atoms with van der Waals surface area (Å²) in [7, 11) is 3.16. The number of nitrogens with zero attached hydrogens (tertiary/aromatic N) is 1. The van der Waals surface area contributed by atoms with Crippen molar-refractivity contribution >= 4 is 43.6 Å². The van der Waals surface area contributed by atoms with Crippen LogP contribution < -0.4 is 4.23 Å². The minimum Gasteiger partial charge on any atom is -0.439 e. The molecule has 0 aliphatic heterocycles. The molecule has 78 valence electrons. The highest BCUT2D eigenvalue weighted by Crippen LogP contribution is 2.23. The van der Waals surface area contributed by atoms with Gasteiger partial charge in [0, 0.05) is 25.2 Å². The molecule has 0 atom stereocenters. The van der Waals surface area contributed by atoms with Crippen molar-refractivity contribution in [1.29, 1.82) is 0 Å². The molecule has 0 saturated carbocycles. The Morgan fingerprint density at radius 1 is 1.00 bits per heavy atom. The van der Waals surface area contributed by atoms with E-state index in [2.05, 4.69) is 37.1 Å². The Labute approximate surface area is 97.5 Å².